The lowest BCUT2D eigenvalue weighted by Gasteiger charge is -2.24. The van der Waals surface area contributed by atoms with Gasteiger partial charge in [-0.1, -0.05) is 31.4 Å². The normalized spacial score (nSPS) is 15.9. The van der Waals surface area contributed by atoms with Crippen LogP contribution < -0.4 is 10.5 Å². The summed E-state index contributed by atoms with van der Waals surface area (Å²) in [6.07, 6.45) is 6.60. The number of nitrogen functional groups attached to an aromatic ring is 1. The minimum atomic E-state index is 0.642. The number of rotatable bonds is 3. The molecule has 0 aromatic heterocycles. The highest BCUT2D eigenvalue weighted by Crippen LogP contribution is 2.39. The zero-order valence-electron chi connectivity index (χ0n) is 12.6. The van der Waals surface area contributed by atoms with E-state index in [4.69, 9.17) is 10.5 Å². The van der Waals surface area contributed by atoms with Gasteiger partial charge in [0.15, 0.2) is 0 Å². The van der Waals surface area contributed by atoms with Crippen molar-refractivity contribution >= 4 is 5.69 Å². The molecule has 2 N–H and O–H groups in total. The molecular formula is C19H23NO. The largest absolute Gasteiger partial charge is 0.457 e. The fourth-order valence-electron chi connectivity index (χ4n) is 3.14. The number of benzene rings is 2. The fourth-order valence-corrected chi connectivity index (χ4v) is 3.14. The predicted octanol–water partition coefficient (Wildman–Crippen LogP) is 5.42. The van der Waals surface area contributed by atoms with Crippen LogP contribution in [0.15, 0.2) is 42.5 Å². The number of anilines is 1. The van der Waals surface area contributed by atoms with Crippen molar-refractivity contribution in [2.45, 2.75) is 44.9 Å². The number of hydrogen-bond donors (Lipinski definition) is 1. The van der Waals surface area contributed by atoms with Gasteiger partial charge in [-0.2, -0.15) is 0 Å². The van der Waals surface area contributed by atoms with Crippen molar-refractivity contribution in [3.8, 4) is 11.5 Å². The smallest absolute Gasteiger partial charge is 0.131 e. The van der Waals surface area contributed by atoms with Gasteiger partial charge in [0.1, 0.15) is 11.5 Å². The Balaban J connectivity index is 1.88. The van der Waals surface area contributed by atoms with Crippen molar-refractivity contribution in [3.63, 3.8) is 0 Å². The molecule has 0 saturated heterocycles. The molecule has 1 fully saturated rings. The molecule has 0 unspecified atom stereocenters. The second kappa shape index (κ2) is 6.21. The van der Waals surface area contributed by atoms with E-state index in [0.29, 0.717) is 5.92 Å². The molecule has 2 nitrogen and oxygen atoms in total. The SMILES string of the molecule is Cc1ccc(C2CCCCC2)c(Oc2ccc(N)cc2)c1. The lowest BCUT2D eigenvalue weighted by Crippen LogP contribution is -2.06. The van der Waals surface area contributed by atoms with E-state index in [9.17, 15) is 0 Å². The van der Waals surface area contributed by atoms with Gasteiger partial charge in [0.05, 0.1) is 0 Å². The first-order valence-corrected chi connectivity index (χ1v) is 7.86. The van der Waals surface area contributed by atoms with Gasteiger partial charge in [0, 0.05) is 5.69 Å². The number of hydrogen-bond acceptors (Lipinski definition) is 2. The first-order chi connectivity index (χ1) is 10.2. The summed E-state index contributed by atoms with van der Waals surface area (Å²) in [5.74, 6) is 2.50. The van der Waals surface area contributed by atoms with Crippen molar-refractivity contribution in [2.24, 2.45) is 0 Å². The first kappa shape index (κ1) is 14.0. The Morgan fingerprint density at radius 3 is 2.38 bits per heavy atom. The molecule has 1 aliphatic rings. The lowest BCUT2D eigenvalue weighted by molar-refractivity contribution is 0.419. The van der Waals surface area contributed by atoms with Crippen molar-refractivity contribution in [1.29, 1.82) is 0 Å². The van der Waals surface area contributed by atoms with Crippen LogP contribution in [0.1, 0.15) is 49.1 Å². The van der Waals surface area contributed by atoms with Crippen molar-refractivity contribution < 1.29 is 4.74 Å². The third-order valence-electron chi connectivity index (χ3n) is 4.32. The molecule has 0 heterocycles. The maximum Gasteiger partial charge on any atom is 0.131 e. The van der Waals surface area contributed by atoms with Crippen molar-refractivity contribution in [3.05, 3.63) is 53.6 Å². The monoisotopic (exact) mass is 281 g/mol. The summed E-state index contributed by atoms with van der Waals surface area (Å²) in [6, 6.07) is 14.2. The van der Waals surface area contributed by atoms with Crippen LogP contribution in [0.5, 0.6) is 11.5 Å². The summed E-state index contributed by atoms with van der Waals surface area (Å²) in [5, 5.41) is 0. The maximum atomic E-state index is 6.14. The molecule has 0 atom stereocenters. The molecule has 0 aliphatic heterocycles. The van der Waals surface area contributed by atoms with E-state index in [1.807, 2.05) is 24.3 Å². The van der Waals surface area contributed by atoms with Gasteiger partial charge in [0.2, 0.25) is 0 Å². The molecule has 2 aromatic rings. The molecule has 0 radical (unpaired) electrons. The highest BCUT2D eigenvalue weighted by atomic mass is 16.5. The topological polar surface area (TPSA) is 35.2 Å². The van der Waals surface area contributed by atoms with Crippen LogP contribution in [0.25, 0.3) is 0 Å². The minimum absolute atomic E-state index is 0.642. The molecule has 0 spiro atoms. The Hall–Kier alpha value is -1.96. The Morgan fingerprint density at radius 2 is 1.67 bits per heavy atom. The second-order valence-corrected chi connectivity index (χ2v) is 6.05. The van der Waals surface area contributed by atoms with Crippen LogP contribution in [0.3, 0.4) is 0 Å². The second-order valence-electron chi connectivity index (χ2n) is 6.05. The number of aryl methyl sites for hydroxylation is 1. The summed E-state index contributed by atoms with van der Waals surface area (Å²) in [7, 11) is 0. The predicted molar refractivity (Wildman–Crippen MR) is 87.9 cm³/mol. The van der Waals surface area contributed by atoms with Gasteiger partial charge in [0.25, 0.3) is 0 Å². The van der Waals surface area contributed by atoms with Crippen LogP contribution in [-0.2, 0) is 0 Å². The molecule has 110 valence electrons. The third-order valence-corrected chi connectivity index (χ3v) is 4.32. The molecule has 0 bridgehead atoms. The fraction of sp³-hybridized carbons (Fsp3) is 0.368. The lowest BCUT2D eigenvalue weighted by atomic mass is 9.83. The van der Waals surface area contributed by atoms with E-state index in [1.54, 1.807) is 0 Å². The standard InChI is InChI=1S/C19H23NO/c1-14-7-12-18(15-5-3-2-4-6-15)19(13-14)21-17-10-8-16(20)9-11-17/h7-13,15H,2-6,20H2,1H3. The summed E-state index contributed by atoms with van der Waals surface area (Å²) >= 11 is 0. The summed E-state index contributed by atoms with van der Waals surface area (Å²) < 4.78 is 6.14. The van der Waals surface area contributed by atoms with Gasteiger partial charge in [-0.25, -0.2) is 0 Å². The molecule has 2 aromatic carbocycles. The molecule has 3 rings (SSSR count). The molecule has 21 heavy (non-hydrogen) atoms. The molecular weight excluding hydrogens is 258 g/mol. The minimum Gasteiger partial charge on any atom is -0.457 e. The van der Waals surface area contributed by atoms with Gasteiger partial charge in [-0.05, 0) is 67.1 Å². The van der Waals surface area contributed by atoms with E-state index < -0.39 is 0 Å². The number of ether oxygens (including phenoxy) is 1. The van der Waals surface area contributed by atoms with Crippen LogP contribution in [-0.4, -0.2) is 0 Å². The van der Waals surface area contributed by atoms with Gasteiger partial charge in [-0.15, -0.1) is 0 Å². The molecule has 0 amide bonds. The highest BCUT2D eigenvalue weighted by molar-refractivity contribution is 5.46. The Bertz CT molecular complexity index is 597. The number of nitrogens with two attached hydrogens (primary N) is 1. The van der Waals surface area contributed by atoms with Gasteiger partial charge >= 0.3 is 0 Å². The van der Waals surface area contributed by atoms with E-state index in [0.717, 1.165) is 17.2 Å². The van der Waals surface area contributed by atoms with Crippen LogP contribution in [0.2, 0.25) is 0 Å². The van der Waals surface area contributed by atoms with E-state index in [-0.39, 0.29) is 0 Å². The van der Waals surface area contributed by atoms with Crippen LogP contribution in [0, 0.1) is 6.92 Å². The molecule has 2 heteroatoms. The first-order valence-electron chi connectivity index (χ1n) is 7.86. The quantitative estimate of drug-likeness (QED) is 0.763. The summed E-state index contributed by atoms with van der Waals surface area (Å²) in [5.41, 5.74) is 9.09. The summed E-state index contributed by atoms with van der Waals surface area (Å²) in [4.78, 5) is 0. The average molecular weight is 281 g/mol. The van der Waals surface area contributed by atoms with Crippen LogP contribution in [0.4, 0.5) is 5.69 Å². The van der Waals surface area contributed by atoms with Gasteiger partial charge < -0.3 is 10.5 Å². The van der Waals surface area contributed by atoms with Gasteiger partial charge in [-0.3, -0.25) is 0 Å². The maximum absolute atomic E-state index is 6.14. The Morgan fingerprint density at radius 1 is 0.952 bits per heavy atom. The summed E-state index contributed by atoms with van der Waals surface area (Å²) in [6.45, 7) is 2.11. The van der Waals surface area contributed by atoms with E-state index >= 15 is 0 Å². The Labute approximate surface area is 126 Å². The molecule has 1 aliphatic carbocycles. The zero-order chi connectivity index (χ0) is 14.7. The van der Waals surface area contributed by atoms with Crippen LogP contribution >= 0.6 is 0 Å². The van der Waals surface area contributed by atoms with E-state index in [1.165, 1.54) is 43.2 Å². The third kappa shape index (κ3) is 3.38. The molecule has 1 saturated carbocycles. The zero-order valence-corrected chi connectivity index (χ0v) is 12.6. The van der Waals surface area contributed by atoms with E-state index in [2.05, 4.69) is 25.1 Å². The average Bonchev–Trinajstić information content (AvgIpc) is 2.51. The Kier molecular flexibility index (Phi) is 4.14. The van der Waals surface area contributed by atoms with Crippen molar-refractivity contribution in [2.75, 3.05) is 5.73 Å². The van der Waals surface area contributed by atoms with Crippen molar-refractivity contribution in [1.82, 2.24) is 0 Å². The highest BCUT2D eigenvalue weighted by Gasteiger charge is 2.19.